The molecule has 25 heavy (non-hydrogen) atoms. The molecule has 1 aromatic carbocycles. The zero-order valence-corrected chi connectivity index (χ0v) is 14.5. The van der Waals surface area contributed by atoms with Crippen molar-refractivity contribution in [1.29, 1.82) is 0 Å². The van der Waals surface area contributed by atoms with Crippen LogP contribution in [0.25, 0.3) is 10.9 Å². The van der Waals surface area contributed by atoms with E-state index in [2.05, 4.69) is 9.97 Å². The van der Waals surface area contributed by atoms with E-state index in [0.717, 1.165) is 10.6 Å². The number of pyridine rings is 1. The van der Waals surface area contributed by atoms with Crippen LogP contribution in [0, 0.1) is 10.1 Å². The maximum absolute atomic E-state index is 12.7. The zero-order chi connectivity index (χ0) is 17.4. The fraction of sp³-hybridized carbons (Fsp3) is 0.188. The van der Waals surface area contributed by atoms with Crippen LogP contribution in [-0.4, -0.2) is 30.5 Å². The Morgan fingerprint density at radius 1 is 1.28 bits per heavy atom. The molecule has 3 aromatic rings. The first-order valence-electron chi connectivity index (χ1n) is 7.50. The van der Waals surface area contributed by atoms with Crippen molar-refractivity contribution in [2.24, 2.45) is 0 Å². The van der Waals surface area contributed by atoms with Crippen LogP contribution in [0.5, 0.6) is 0 Å². The smallest absolute Gasteiger partial charge is 0.269 e. The average Bonchev–Trinajstić information content (AvgIpc) is 2.63. The van der Waals surface area contributed by atoms with Crippen LogP contribution in [-0.2, 0) is 6.54 Å². The van der Waals surface area contributed by atoms with E-state index >= 15 is 0 Å². The maximum atomic E-state index is 12.7. The summed E-state index contributed by atoms with van der Waals surface area (Å²) >= 11 is 3.17. The second kappa shape index (κ2) is 6.49. The van der Waals surface area contributed by atoms with Crippen molar-refractivity contribution in [2.75, 3.05) is 5.75 Å². The van der Waals surface area contributed by atoms with Crippen LogP contribution < -0.4 is 5.56 Å². The van der Waals surface area contributed by atoms with Crippen molar-refractivity contribution in [2.45, 2.75) is 21.8 Å². The van der Waals surface area contributed by atoms with E-state index in [-0.39, 0.29) is 16.5 Å². The monoisotopic (exact) mass is 372 g/mol. The second-order valence-corrected chi connectivity index (χ2v) is 7.87. The van der Waals surface area contributed by atoms with Crippen LogP contribution in [0.15, 0.2) is 57.6 Å². The van der Waals surface area contributed by atoms with E-state index in [1.807, 2.05) is 0 Å². The average molecular weight is 372 g/mol. The van der Waals surface area contributed by atoms with Crippen LogP contribution in [0.2, 0.25) is 0 Å². The summed E-state index contributed by atoms with van der Waals surface area (Å²) in [5.74, 6) is 0.819. The van der Waals surface area contributed by atoms with Gasteiger partial charge in [0.25, 0.3) is 11.2 Å². The van der Waals surface area contributed by atoms with Crippen molar-refractivity contribution >= 4 is 40.1 Å². The predicted octanol–water partition coefficient (Wildman–Crippen LogP) is 2.97. The Kier molecular flexibility index (Phi) is 4.18. The molecule has 1 aliphatic rings. The number of benzene rings is 1. The van der Waals surface area contributed by atoms with Crippen molar-refractivity contribution in [3.63, 3.8) is 0 Å². The Hall–Kier alpha value is -2.39. The highest BCUT2D eigenvalue weighted by molar-refractivity contribution is 8.03. The first kappa shape index (κ1) is 16.1. The third-order valence-corrected chi connectivity index (χ3v) is 6.40. The molecule has 0 bridgehead atoms. The second-order valence-electron chi connectivity index (χ2n) is 5.50. The third-order valence-electron chi connectivity index (χ3n) is 3.86. The highest BCUT2D eigenvalue weighted by Gasteiger charge is 2.23. The predicted molar refractivity (Wildman–Crippen MR) is 97.3 cm³/mol. The molecule has 7 nitrogen and oxygen atoms in total. The normalized spacial score (nSPS) is 16.6. The van der Waals surface area contributed by atoms with Gasteiger partial charge in [0.2, 0.25) is 0 Å². The van der Waals surface area contributed by atoms with Gasteiger partial charge in [0.15, 0.2) is 5.16 Å². The van der Waals surface area contributed by atoms with Gasteiger partial charge < -0.3 is 0 Å². The van der Waals surface area contributed by atoms with Crippen molar-refractivity contribution < 1.29 is 4.92 Å². The molecule has 1 unspecified atom stereocenters. The van der Waals surface area contributed by atoms with Gasteiger partial charge in [0, 0.05) is 40.8 Å². The summed E-state index contributed by atoms with van der Waals surface area (Å²) < 4.78 is 1.71. The molecule has 2 aromatic heterocycles. The number of nitro benzene ring substituents is 1. The summed E-state index contributed by atoms with van der Waals surface area (Å²) in [6, 6.07) is 8.18. The first-order valence-corrected chi connectivity index (χ1v) is 9.37. The van der Waals surface area contributed by atoms with E-state index in [9.17, 15) is 14.9 Å². The Bertz CT molecular complexity index is 1020. The molecule has 0 radical (unpaired) electrons. The quantitative estimate of drug-likeness (QED) is 0.396. The summed E-state index contributed by atoms with van der Waals surface area (Å²) in [7, 11) is 0. The topological polar surface area (TPSA) is 90.9 Å². The lowest BCUT2D eigenvalue weighted by Crippen LogP contribution is -2.32. The molecule has 4 rings (SSSR count). The lowest BCUT2D eigenvalue weighted by molar-refractivity contribution is -0.384. The Balaban J connectivity index is 1.59. The van der Waals surface area contributed by atoms with E-state index < -0.39 is 4.92 Å². The Morgan fingerprint density at radius 2 is 2.08 bits per heavy atom. The summed E-state index contributed by atoms with van der Waals surface area (Å²) in [5, 5.41) is 12.2. The summed E-state index contributed by atoms with van der Waals surface area (Å²) in [6.07, 6.45) is 3.20. The number of rotatable bonds is 3. The van der Waals surface area contributed by atoms with Gasteiger partial charge in [0.05, 0.1) is 22.0 Å². The standard InChI is InChI=1S/C16H12N4O3S2/c21-15-13-5-6-17-7-14(13)18-16-19(15)8-12(9-24-16)25-11-3-1-10(2-4-11)20(22)23/h1-7,12H,8-9H2. The minimum Gasteiger partial charge on any atom is -0.286 e. The van der Waals surface area contributed by atoms with Crippen molar-refractivity contribution in [3.05, 3.63) is 63.2 Å². The van der Waals surface area contributed by atoms with Gasteiger partial charge in [-0.2, -0.15) is 0 Å². The number of hydrogen-bond donors (Lipinski definition) is 0. The van der Waals surface area contributed by atoms with Crippen LogP contribution in [0.1, 0.15) is 0 Å². The molecule has 0 N–H and O–H groups in total. The molecule has 0 aliphatic carbocycles. The number of fused-ring (bicyclic) bond motifs is 2. The SMILES string of the molecule is O=c1c2ccncc2nc2n1CC(Sc1ccc([N+](=O)[O-])cc1)CS2. The highest BCUT2D eigenvalue weighted by atomic mass is 32.2. The first-order chi connectivity index (χ1) is 12.1. The number of thioether (sulfide) groups is 2. The molecule has 0 saturated heterocycles. The fourth-order valence-corrected chi connectivity index (χ4v) is 4.95. The van der Waals surface area contributed by atoms with Crippen molar-refractivity contribution in [1.82, 2.24) is 14.5 Å². The minimum absolute atomic E-state index is 0.0519. The molecule has 1 aliphatic heterocycles. The van der Waals surface area contributed by atoms with Gasteiger partial charge in [-0.3, -0.25) is 24.5 Å². The van der Waals surface area contributed by atoms with Gasteiger partial charge in [-0.05, 0) is 18.2 Å². The number of hydrogen-bond acceptors (Lipinski definition) is 7. The third kappa shape index (κ3) is 3.12. The number of non-ortho nitro benzene ring substituents is 1. The Labute approximate surface area is 150 Å². The summed E-state index contributed by atoms with van der Waals surface area (Å²) in [5.41, 5.74) is 0.643. The zero-order valence-electron chi connectivity index (χ0n) is 12.9. The fourth-order valence-electron chi connectivity index (χ4n) is 2.66. The van der Waals surface area contributed by atoms with Crippen molar-refractivity contribution in [3.8, 4) is 0 Å². The van der Waals surface area contributed by atoms with Gasteiger partial charge in [-0.1, -0.05) is 11.8 Å². The largest absolute Gasteiger partial charge is 0.286 e. The van der Waals surface area contributed by atoms with E-state index in [1.165, 1.54) is 12.1 Å². The van der Waals surface area contributed by atoms with Gasteiger partial charge in [0.1, 0.15) is 0 Å². The lowest BCUT2D eigenvalue weighted by Gasteiger charge is -2.24. The molecule has 0 saturated carbocycles. The molecular formula is C16H12N4O3S2. The van der Waals surface area contributed by atoms with E-state index in [4.69, 9.17) is 0 Å². The molecule has 1 atom stereocenters. The van der Waals surface area contributed by atoms with E-state index in [0.29, 0.717) is 22.6 Å². The van der Waals surface area contributed by atoms with Crippen LogP contribution in [0.4, 0.5) is 5.69 Å². The molecular weight excluding hydrogens is 360 g/mol. The highest BCUT2D eigenvalue weighted by Crippen LogP contribution is 2.33. The summed E-state index contributed by atoms with van der Waals surface area (Å²) in [4.78, 5) is 32.5. The molecule has 0 spiro atoms. The number of nitrogens with zero attached hydrogens (tertiary/aromatic N) is 4. The van der Waals surface area contributed by atoms with Gasteiger partial charge in [-0.15, -0.1) is 11.8 Å². The van der Waals surface area contributed by atoms with E-state index in [1.54, 1.807) is 58.7 Å². The molecule has 9 heteroatoms. The number of aromatic nitrogens is 3. The van der Waals surface area contributed by atoms with Crippen LogP contribution in [0.3, 0.4) is 0 Å². The van der Waals surface area contributed by atoms with Gasteiger partial charge >= 0.3 is 0 Å². The van der Waals surface area contributed by atoms with Crippen LogP contribution >= 0.6 is 23.5 Å². The lowest BCUT2D eigenvalue weighted by atomic mass is 10.3. The molecule has 3 heterocycles. The minimum atomic E-state index is -0.410. The molecule has 0 amide bonds. The molecule has 0 fully saturated rings. The summed E-state index contributed by atoms with van der Waals surface area (Å²) in [6.45, 7) is 0.564. The van der Waals surface area contributed by atoms with Gasteiger partial charge in [-0.25, -0.2) is 4.98 Å². The molecule has 126 valence electrons. The number of nitro groups is 1. The Morgan fingerprint density at radius 3 is 2.84 bits per heavy atom. The maximum Gasteiger partial charge on any atom is 0.269 e.